The second-order valence-corrected chi connectivity index (χ2v) is 2.84. The smallest absolute Gasteiger partial charge is 0.407 e. The first kappa shape index (κ1) is 9.32. The summed E-state index contributed by atoms with van der Waals surface area (Å²) in [7, 11) is 0. The third-order valence-corrected chi connectivity index (χ3v) is 1.69. The van der Waals surface area contributed by atoms with E-state index in [0.29, 0.717) is 13.2 Å². The maximum Gasteiger partial charge on any atom is 0.407 e. The Morgan fingerprint density at radius 1 is 1.75 bits per heavy atom. The van der Waals surface area contributed by atoms with E-state index in [0.717, 1.165) is 19.4 Å². The topological polar surface area (TPSA) is 47.6 Å². The number of rotatable bonds is 5. The van der Waals surface area contributed by atoms with E-state index in [-0.39, 0.29) is 12.2 Å². The summed E-state index contributed by atoms with van der Waals surface area (Å²) in [5, 5.41) is 2.57. The Morgan fingerprint density at radius 2 is 2.58 bits per heavy atom. The van der Waals surface area contributed by atoms with Gasteiger partial charge in [-0.3, -0.25) is 0 Å². The van der Waals surface area contributed by atoms with Crippen LogP contribution in [0.1, 0.15) is 19.8 Å². The number of hydrogen-bond acceptors (Lipinski definition) is 3. The number of cyclic esters (lactones) is 1. The summed E-state index contributed by atoms with van der Waals surface area (Å²) in [5.74, 6) is 0. The van der Waals surface area contributed by atoms with Crippen molar-refractivity contribution in [3.8, 4) is 0 Å². The van der Waals surface area contributed by atoms with Gasteiger partial charge in [-0.05, 0) is 6.42 Å². The fourth-order valence-corrected chi connectivity index (χ4v) is 0.986. The first-order chi connectivity index (χ1) is 5.83. The molecule has 12 heavy (non-hydrogen) atoms. The summed E-state index contributed by atoms with van der Waals surface area (Å²) < 4.78 is 10.2. The van der Waals surface area contributed by atoms with Crippen molar-refractivity contribution in [2.75, 3.05) is 19.8 Å². The van der Waals surface area contributed by atoms with Crippen LogP contribution in [-0.2, 0) is 9.47 Å². The predicted molar refractivity (Wildman–Crippen MR) is 44.0 cm³/mol. The monoisotopic (exact) mass is 173 g/mol. The van der Waals surface area contributed by atoms with Gasteiger partial charge in [0.05, 0.1) is 13.2 Å². The van der Waals surface area contributed by atoms with Crippen LogP contribution < -0.4 is 5.32 Å². The van der Waals surface area contributed by atoms with Crippen molar-refractivity contribution >= 4 is 6.09 Å². The quantitative estimate of drug-likeness (QED) is 0.629. The summed E-state index contributed by atoms with van der Waals surface area (Å²) in [5.41, 5.74) is 0. The fourth-order valence-electron chi connectivity index (χ4n) is 0.986. The molecular weight excluding hydrogens is 158 g/mol. The highest BCUT2D eigenvalue weighted by Crippen LogP contribution is 2.00. The van der Waals surface area contributed by atoms with Crippen LogP contribution in [0.4, 0.5) is 4.79 Å². The molecule has 0 radical (unpaired) electrons. The summed E-state index contributed by atoms with van der Waals surface area (Å²) in [6.45, 7) is 3.95. The number of alkyl carbamates (subject to hydrolysis) is 1. The largest absolute Gasteiger partial charge is 0.442 e. The Balaban J connectivity index is 1.97. The van der Waals surface area contributed by atoms with Crippen molar-refractivity contribution in [1.82, 2.24) is 5.32 Å². The zero-order valence-electron chi connectivity index (χ0n) is 7.34. The van der Waals surface area contributed by atoms with Gasteiger partial charge in [-0.2, -0.15) is 0 Å². The number of carbonyl (C=O) groups is 1. The molecule has 0 saturated carbocycles. The lowest BCUT2D eigenvalue weighted by atomic mass is 10.3. The number of amides is 1. The van der Waals surface area contributed by atoms with E-state index in [4.69, 9.17) is 9.47 Å². The van der Waals surface area contributed by atoms with Crippen LogP contribution in [0.25, 0.3) is 0 Å². The van der Waals surface area contributed by atoms with Crippen LogP contribution in [0.2, 0.25) is 0 Å². The maximum atomic E-state index is 10.6. The number of hydrogen-bond donors (Lipinski definition) is 1. The highest BCUT2D eigenvalue weighted by molar-refractivity contribution is 5.69. The van der Waals surface area contributed by atoms with Crippen LogP contribution in [0, 0.1) is 0 Å². The lowest BCUT2D eigenvalue weighted by Gasteiger charge is -2.07. The normalized spacial score (nSPS) is 22.1. The molecule has 0 aromatic carbocycles. The Labute approximate surface area is 72.2 Å². The maximum absolute atomic E-state index is 10.6. The molecule has 4 heteroatoms. The van der Waals surface area contributed by atoms with Gasteiger partial charge in [0.1, 0.15) is 6.10 Å². The van der Waals surface area contributed by atoms with Gasteiger partial charge < -0.3 is 14.8 Å². The van der Waals surface area contributed by atoms with E-state index in [1.807, 2.05) is 0 Å². The minimum absolute atomic E-state index is 0.0886. The number of nitrogens with one attached hydrogen (secondary N) is 1. The predicted octanol–water partition coefficient (Wildman–Crippen LogP) is 0.911. The molecule has 0 aromatic rings. The number of ether oxygens (including phenoxy) is 2. The van der Waals surface area contributed by atoms with Gasteiger partial charge in [0.25, 0.3) is 0 Å². The molecular formula is C8H15NO3. The van der Waals surface area contributed by atoms with Gasteiger partial charge in [0.2, 0.25) is 0 Å². The second-order valence-electron chi connectivity index (χ2n) is 2.84. The first-order valence-electron chi connectivity index (χ1n) is 4.35. The van der Waals surface area contributed by atoms with Gasteiger partial charge in [-0.1, -0.05) is 13.3 Å². The van der Waals surface area contributed by atoms with Crippen LogP contribution in [-0.4, -0.2) is 32.0 Å². The zero-order valence-corrected chi connectivity index (χ0v) is 7.34. The molecule has 0 aromatic heterocycles. The highest BCUT2D eigenvalue weighted by atomic mass is 16.6. The van der Waals surface area contributed by atoms with Gasteiger partial charge >= 0.3 is 6.09 Å². The van der Waals surface area contributed by atoms with Crippen molar-refractivity contribution in [2.24, 2.45) is 0 Å². The minimum atomic E-state index is -0.334. The molecule has 1 saturated heterocycles. The molecule has 1 atom stereocenters. The van der Waals surface area contributed by atoms with Crippen molar-refractivity contribution in [1.29, 1.82) is 0 Å². The molecule has 1 aliphatic rings. The SMILES string of the molecule is CCCCOCC1CNC(=O)O1. The second kappa shape index (κ2) is 4.98. The average Bonchev–Trinajstić information content (AvgIpc) is 2.45. The van der Waals surface area contributed by atoms with Crippen molar-refractivity contribution in [2.45, 2.75) is 25.9 Å². The van der Waals surface area contributed by atoms with E-state index < -0.39 is 0 Å². The Hall–Kier alpha value is -0.770. The molecule has 1 aliphatic heterocycles. The first-order valence-corrected chi connectivity index (χ1v) is 4.35. The van der Waals surface area contributed by atoms with Crippen LogP contribution in [0.15, 0.2) is 0 Å². The zero-order chi connectivity index (χ0) is 8.81. The minimum Gasteiger partial charge on any atom is -0.442 e. The Morgan fingerprint density at radius 3 is 3.17 bits per heavy atom. The Kier molecular flexibility index (Phi) is 3.87. The van der Waals surface area contributed by atoms with Gasteiger partial charge in [0.15, 0.2) is 0 Å². The molecule has 0 spiro atoms. The summed E-state index contributed by atoms with van der Waals surface area (Å²) >= 11 is 0. The van der Waals surface area contributed by atoms with Gasteiger partial charge in [0, 0.05) is 6.61 Å². The molecule has 70 valence electrons. The van der Waals surface area contributed by atoms with E-state index in [1.54, 1.807) is 0 Å². The van der Waals surface area contributed by atoms with E-state index in [9.17, 15) is 4.79 Å². The molecule has 0 aliphatic carbocycles. The third kappa shape index (κ3) is 3.09. The lowest BCUT2D eigenvalue weighted by molar-refractivity contribution is 0.0448. The van der Waals surface area contributed by atoms with E-state index >= 15 is 0 Å². The molecule has 1 fully saturated rings. The number of carbonyl (C=O) groups excluding carboxylic acids is 1. The third-order valence-electron chi connectivity index (χ3n) is 1.69. The lowest BCUT2D eigenvalue weighted by Crippen LogP contribution is -2.20. The van der Waals surface area contributed by atoms with E-state index in [1.165, 1.54) is 0 Å². The summed E-state index contributed by atoms with van der Waals surface area (Å²) in [4.78, 5) is 10.6. The fraction of sp³-hybridized carbons (Fsp3) is 0.875. The molecule has 0 bridgehead atoms. The van der Waals surface area contributed by atoms with Crippen molar-refractivity contribution in [3.63, 3.8) is 0 Å². The van der Waals surface area contributed by atoms with Crippen molar-refractivity contribution < 1.29 is 14.3 Å². The molecule has 1 N–H and O–H groups in total. The number of unbranched alkanes of at least 4 members (excludes halogenated alkanes) is 1. The van der Waals surface area contributed by atoms with Crippen LogP contribution >= 0.6 is 0 Å². The van der Waals surface area contributed by atoms with Gasteiger partial charge in [-0.15, -0.1) is 0 Å². The molecule has 1 unspecified atom stereocenters. The standard InChI is InChI=1S/C8H15NO3/c1-2-3-4-11-6-7-5-9-8(10)12-7/h7H,2-6H2,1H3,(H,9,10). The molecule has 4 nitrogen and oxygen atoms in total. The van der Waals surface area contributed by atoms with E-state index in [2.05, 4.69) is 12.2 Å². The highest BCUT2D eigenvalue weighted by Gasteiger charge is 2.21. The Bertz CT molecular complexity index is 149. The summed E-state index contributed by atoms with van der Waals surface area (Å²) in [6.07, 6.45) is 1.77. The van der Waals surface area contributed by atoms with Crippen molar-refractivity contribution in [3.05, 3.63) is 0 Å². The molecule has 1 amide bonds. The van der Waals surface area contributed by atoms with Gasteiger partial charge in [-0.25, -0.2) is 4.79 Å². The summed E-state index contributed by atoms with van der Waals surface area (Å²) in [6, 6.07) is 0. The average molecular weight is 173 g/mol. The molecule has 1 heterocycles. The van der Waals surface area contributed by atoms with Crippen LogP contribution in [0.3, 0.4) is 0 Å². The van der Waals surface area contributed by atoms with Crippen LogP contribution in [0.5, 0.6) is 0 Å². The molecule has 1 rings (SSSR count).